The van der Waals surface area contributed by atoms with Crippen molar-refractivity contribution in [1.29, 1.82) is 0 Å². The molecule has 0 aromatic heterocycles. The minimum absolute atomic E-state index is 0.0128. The van der Waals surface area contributed by atoms with Crippen molar-refractivity contribution in [2.24, 2.45) is 28.1 Å². The quantitative estimate of drug-likeness (QED) is 0.211. The van der Waals surface area contributed by atoms with Gasteiger partial charge in [-0.2, -0.15) is 0 Å². The first-order valence-corrected chi connectivity index (χ1v) is 14.9. The highest BCUT2D eigenvalue weighted by Crippen LogP contribution is 2.25. The summed E-state index contributed by atoms with van der Waals surface area (Å²) in [5.74, 6) is 0.827. The molecule has 1 amide bonds. The number of nitrogens with zero attached hydrogens (tertiary/aromatic N) is 3. The Morgan fingerprint density at radius 2 is 1.68 bits per heavy atom. The average Bonchev–Trinajstić information content (AvgIpc) is 2.83. The SMILES string of the molecule is Cc1cc(C)cc(CC(=O)N2CC(CCCN=C(N)N)N(CC(N)Cc3ccc(C)cc3C)CC2CC(C)C)c1. The average molecular weight is 549 g/mol. The molecule has 0 bridgehead atoms. The van der Waals surface area contributed by atoms with E-state index in [2.05, 4.69) is 92.7 Å². The van der Waals surface area contributed by atoms with Crippen LogP contribution in [0.25, 0.3) is 0 Å². The lowest BCUT2D eigenvalue weighted by Crippen LogP contribution is -2.62. The molecular formula is C33H52N6O. The monoisotopic (exact) mass is 548 g/mol. The molecule has 1 heterocycles. The van der Waals surface area contributed by atoms with Crippen LogP contribution in [0.1, 0.15) is 66.5 Å². The zero-order valence-corrected chi connectivity index (χ0v) is 25.6. The molecule has 220 valence electrons. The lowest BCUT2D eigenvalue weighted by molar-refractivity contribution is -0.138. The third-order valence-corrected chi connectivity index (χ3v) is 7.95. The number of amides is 1. The number of nitrogens with two attached hydrogens (primary N) is 3. The van der Waals surface area contributed by atoms with Crippen molar-refractivity contribution in [2.75, 3.05) is 26.2 Å². The Kier molecular flexibility index (Phi) is 11.6. The summed E-state index contributed by atoms with van der Waals surface area (Å²) in [6.45, 7) is 15.9. The predicted molar refractivity (Wildman–Crippen MR) is 167 cm³/mol. The van der Waals surface area contributed by atoms with E-state index in [-0.39, 0.29) is 30.0 Å². The Morgan fingerprint density at radius 3 is 2.30 bits per heavy atom. The van der Waals surface area contributed by atoms with Gasteiger partial charge in [-0.3, -0.25) is 14.7 Å². The van der Waals surface area contributed by atoms with Crippen molar-refractivity contribution >= 4 is 11.9 Å². The van der Waals surface area contributed by atoms with Gasteiger partial charge in [-0.15, -0.1) is 0 Å². The van der Waals surface area contributed by atoms with Crippen molar-refractivity contribution in [3.05, 3.63) is 69.8 Å². The molecule has 0 aliphatic carbocycles. The molecule has 2 aromatic rings. The van der Waals surface area contributed by atoms with E-state index in [9.17, 15) is 4.79 Å². The van der Waals surface area contributed by atoms with E-state index in [1.807, 2.05) is 0 Å². The Labute approximate surface area is 242 Å². The third-order valence-electron chi connectivity index (χ3n) is 7.95. The van der Waals surface area contributed by atoms with Gasteiger partial charge in [-0.1, -0.05) is 66.9 Å². The molecule has 1 saturated heterocycles. The van der Waals surface area contributed by atoms with Gasteiger partial charge in [-0.25, -0.2) is 0 Å². The van der Waals surface area contributed by atoms with Gasteiger partial charge >= 0.3 is 0 Å². The fourth-order valence-electron chi connectivity index (χ4n) is 6.26. The number of hydrogen-bond acceptors (Lipinski definition) is 4. The summed E-state index contributed by atoms with van der Waals surface area (Å²) in [7, 11) is 0. The zero-order valence-electron chi connectivity index (χ0n) is 25.6. The number of aryl methyl sites for hydroxylation is 4. The van der Waals surface area contributed by atoms with Crippen LogP contribution in [0.15, 0.2) is 41.4 Å². The maximum absolute atomic E-state index is 13.8. The summed E-state index contributed by atoms with van der Waals surface area (Å²) in [4.78, 5) is 22.7. The van der Waals surface area contributed by atoms with Crippen LogP contribution < -0.4 is 17.2 Å². The highest BCUT2D eigenvalue weighted by atomic mass is 16.2. The number of benzene rings is 2. The summed E-state index contributed by atoms with van der Waals surface area (Å²) in [6, 6.07) is 13.4. The van der Waals surface area contributed by atoms with Crippen molar-refractivity contribution in [3.63, 3.8) is 0 Å². The number of rotatable bonds is 12. The van der Waals surface area contributed by atoms with Crippen molar-refractivity contribution in [1.82, 2.24) is 9.80 Å². The van der Waals surface area contributed by atoms with Crippen LogP contribution in [0.2, 0.25) is 0 Å². The lowest BCUT2D eigenvalue weighted by Gasteiger charge is -2.48. The number of piperazine rings is 1. The maximum Gasteiger partial charge on any atom is 0.227 e. The van der Waals surface area contributed by atoms with Crippen LogP contribution in [0.3, 0.4) is 0 Å². The van der Waals surface area contributed by atoms with Gasteiger partial charge in [0, 0.05) is 44.3 Å². The topological polar surface area (TPSA) is 114 Å². The van der Waals surface area contributed by atoms with Crippen LogP contribution in [-0.4, -0.2) is 66.0 Å². The second kappa shape index (κ2) is 14.6. The van der Waals surface area contributed by atoms with Gasteiger partial charge < -0.3 is 22.1 Å². The standard InChI is InChI=1S/C33H52N6O/c1-22(2)12-31-20-38(19-29(34)18-28-10-9-23(3)14-26(28)6)30(8-7-11-37-33(35)36)21-39(31)32(40)17-27-15-24(4)13-25(5)16-27/h9-10,13-16,22,29-31H,7-8,11-12,17-21,34H2,1-6H3,(H4,35,36,37). The molecule has 1 aliphatic rings. The van der Waals surface area contributed by atoms with Gasteiger partial charge in [-0.05, 0) is 76.0 Å². The normalized spacial score (nSPS) is 18.6. The predicted octanol–water partition coefficient (Wildman–Crippen LogP) is 4.01. The van der Waals surface area contributed by atoms with E-state index in [1.165, 1.54) is 27.8 Å². The van der Waals surface area contributed by atoms with Crippen molar-refractivity contribution in [3.8, 4) is 0 Å². The molecule has 1 aliphatic heterocycles. The van der Waals surface area contributed by atoms with E-state index in [4.69, 9.17) is 17.2 Å². The smallest absolute Gasteiger partial charge is 0.227 e. The van der Waals surface area contributed by atoms with Crippen LogP contribution in [0.5, 0.6) is 0 Å². The van der Waals surface area contributed by atoms with Gasteiger partial charge in [0.05, 0.1) is 6.42 Å². The molecule has 7 heteroatoms. The Balaban J connectivity index is 1.80. The molecule has 0 radical (unpaired) electrons. The molecule has 2 aromatic carbocycles. The number of aliphatic imine (C=N–C) groups is 1. The van der Waals surface area contributed by atoms with Crippen LogP contribution in [-0.2, 0) is 17.6 Å². The Hall–Kier alpha value is -2.90. The van der Waals surface area contributed by atoms with Gasteiger partial charge in [0.1, 0.15) is 0 Å². The molecule has 3 unspecified atom stereocenters. The fourth-order valence-corrected chi connectivity index (χ4v) is 6.26. The van der Waals surface area contributed by atoms with Crippen molar-refractivity contribution in [2.45, 2.75) is 91.8 Å². The summed E-state index contributed by atoms with van der Waals surface area (Å²) < 4.78 is 0. The van der Waals surface area contributed by atoms with Crippen LogP contribution >= 0.6 is 0 Å². The number of carbonyl (C=O) groups is 1. The summed E-state index contributed by atoms with van der Waals surface area (Å²) in [6.07, 6.45) is 4.02. The second-order valence-electron chi connectivity index (χ2n) is 12.5. The van der Waals surface area contributed by atoms with E-state index in [0.29, 0.717) is 25.4 Å². The molecule has 3 rings (SSSR count). The largest absolute Gasteiger partial charge is 0.370 e. The summed E-state index contributed by atoms with van der Waals surface area (Å²) in [5.41, 5.74) is 25.3. The Bertz CT molecular complexity index is 1140. The number of hydrogen-bond donors (Lipinski definition) is 3. The van der Waals surface area contributed by atoms with E-state index in [0.717, 1.165) is 44.3 Å². The highest BCUT2D eigenvalue weighted by molar-refractivity contribution is 5.79. The molecular weight excluding hydrogens is 496 g/mol. The molecule has 1 fully saturated rings. The molecule has 40 heavy (non-hydrogen) atoms. The maximum atomic E-state index is 13.8. The first kappa shape index (κ1) is 31.6. The second-order valence-corrected chi connectivity index (χ2v) is 12.5. The fraction of sp³-hybridized carbons (Fsp3) is 0.576. The Morgan fingerprint density at radius 1 is 0.975 bits per heavy atom. The molecule has 3 atom stereocenters. The minimum Gasteiger partial charge on any atom is -0.370 e. The third kappa shape index (κ3) is 9.63. The lowest BCUT2D eigenvalue weighted by atomic mass is 9.93. The number of carbonyl (C=O) groups excluding carboxylic acids is 1. The summed E-state index contributed by atoms with van der Waals surface area (Å²) in [5, 5.41) is 0. The highest BCUT2D eigenvalue weighted by Gasteiger charge is 2.36. The number of guanidine groups is 1. The molecule has 0 spiro atoms. The first-order chi connectivity index (χ1) is 18.9. The van der Waals surface area contributed by atoms with Crippen LogP contribution in [0.4, 0.5) is 0 Å². The first-order valence-electron chi connectivity index (χ1n) is 14.9. The van der Waals surface area contributed by atoms with E-state index in [1.54, 1.807) is 0 Å². The van der Waals surface area contributed by atoms with Crippen LogP contribution in [0, 0.1) is 33.6 Å². The molecule has 0 saturated carbocycles. The molecule has 7 nitrogen and oxygen atoms in total. The summed E-state index contributed by atoms with van der Waals surface area (Å²) >= 11 is 0. The van der Waals surface area contributed by atoms with Crippen molar-refractivity contribution < 1.29 is 4.79 Å². The van der Waals surface area contributed by atoms with Gasteiger partial charge in [0.2, 0.25) is 5.91 Å². The molecule has 6 N–H and O–H groups in total. The van der Waals surface area contributed by atoms with E-state index >= 15 is 0 Å². The van der Waals surface area contributed by atoms with Gasteiger partial charge in [0.25, 0.3) is 0 Å². The zero-order chi connectivity index (χ0) is 29.4. The van der Waals surface area contributed by atoms with Gasteiger partial charge in [0.15, 0.2) is 5.96 Å². The minimum atomic E-state index is 0.0128. The van der Waals surface area contributed by atoms with E-state index < -0.39 is 0 Å².